The molecule has 132 valence electrons. The standard InChI is InChI=1S/C17H22F2N2O3/c18-12-2-3-14(15(19)10-12)17(11-8-13(22)9-11)20-16(23)4-6-21-5-1-7-24-21/h2-3,10-11,13,17,22H,1,4-9H2,(H,20,23)/t11?,13?,17-/m1/s1. The quantitative estimate of drug-likeness (QED) is 0.831. The van der Waals surface area contributed by atoms with Gasteiger partial charge in [0.25, 0.3) is 0 Å². The smallest absolute Gasteiger partial charge is 0.221 e. The van der Waals surface area contributed by atoms with E-state index in [4.69, 9.17) is 4.84 Å². The van der Waals surface area contributed by atoms with Gasteiger partial charge in [-0.25, -0.2) is 8.78 Å². The van der Waals surface area contributed by atoms with Gasteiger partial charge in [-0.1, -0.05) is 6.07 Å². The molecular weight excluding hydrogens is 318 g/mol. The number of hydrogen-bond donors (Lipinski definition) is 2. The third-order valence-electron chi connectivity index (χ3n) is 4.65. The number of amides is 1. The van der Waals surface area contributed by atoms with Gasteiger partial charge in [-0.15, -0.1) is 0 Å². The van der Waals surface area contributed by atoms with E-state index in [1.165, 1.54) is 12.1 Å². The molecule has 1 aliphatic carbocycles. The van der Waals surface area contributed by atoms with Crippen molar-refractivity contribution in [1.82, 2.24) is 10.4 Å². The summed E-state index contributed by atoms with van der Waals surface area (Å²) in [5, 5.41) is 14.1. The summed E-state index contributed by atoms with van der Waals surface area (Å²) in [6.07, 6.45) is 1.77. The third kappa shape index (κ3) is 4.09. The number of aliphatic hydroxyl groups excluding tert-OH is 1. The van der Waals surface area contributed by atoms with Gasteiger partial charge in [0.2, 0.25) is 5.91 Å². The Balaban J connectivity index is 1.64. The Morgan fingerprint density at radius 3 is 2.83 bits per heavy atom. The van der Waals surface area contributed by atoms with E-state index in [9.17, 15) is 18.7 Å². The molecule has 0 radical (unpaired) electrons. The SMILES string of the molecule is O=C(CCN1CCCO1)N[C@@H](c1ccc(F)cc1F)C1CC(O)C1. The van der Waals surface area contributed by atoms with Gasteiger partial charge in [0, 0.05) is 31.1 Å². The maximum Gasteiger partial charge on any atom is 0.221 e. The van der Waals surface area contributed by atoms with Gasteiger partial charge in [-0.2, -0.15) is 5.06 Å². The van der Waals surface area contributed by atoms with Crippen LogP contribution in [0.2, 0.25) is 0 Å². The van der Waals surface area contributed by atoms with Gasteiger partial charge in [0.1, 0.15) is 11.6 Å². The predicted octanol–water partition coefficient (Wildman–Crippen LogP) is 1.92. The van der Waals surface area contributed by atoms with Gasteiger partial charge in [0.15, 0.2) is 0 Å². The fraction of sp³-hybridized carbons (Fsp3) is 0.588. The summed E-state index contributed by atoms with van der Waals surface area (Å²) in [6.45, 7) is 1.96. The molecule has 0 unspecified atom stereocenters. The van der Waals surface area contributed by atoms with Crippen molar-refractivity contribution in [3.63, 3.8) is 0 Å². The molecular formula is C17H22F2N2O3. The van der Waals surface area contributed by atoms with E-state index >= 15 is 0 Å². The molecule has 2 fully saturated rings. The van der Waals surface area contributed by atoms with Crippen molar-refractivity contribution < 1.29 is 23.5 Å². The lowest BCUT2D eigenvalue weighted by molar-refractivity contribution is -0.131. The van der Waals surface area contributed by atoms with Crippen LogP contribution in [0.25, 0.3) is 0 Å². The second-order valence-electron chi connectivity index (χ2n) is 6.46. The molecule has 3 rings (SSSR count). The van der Waals surface area contributed by atoms with E-state index in [0.29, 0.717) is 26.0 Å². The number of carbonyl (C=O) groups is 1. The Kier molecular flexibility index (Phi) is 5.43. The van der Waals surface area contributed by atoms with E-state index in [1.807, 2.05) is 0 Å². The van der Waals surface area contributed by atoms with Crippen molar-refractivity contribution >= 4 is 5.91 Å². The number of nitrogens with zero attached hydrogens (tertiary/aromatic N) is 1. The summed E-state index contributed by atoms with van der Waals surface area (Å²) in [7, 11) is 0. The Morgan fingerprint density at radius 2 is 2.21 bits per heavy atom. The van der Waals surface area contributed by atoms with Crippen LogP contribution in [0.15, 0.2) is 18.2 Å². The Bertz CT molecular complexity index is 587. The second kappa shape index (κ2) is 7.55. The summed E-state index contributed by atoms with van der Waals surface area (Å²) in [5.74, 6) is -1.58. The molecule has 2 aliphatic rings. The zero-order valence-electron chi connectivity index (χ0n) is 13.4. The Hall–Kier alpha value is -1.57. The Labute approximate surface area is 139 Å². The number of nitrogens with one attached hydrogen (secondary N) is 1. The first-order valence-electron chi connectivity index (χ1n) is 8.33. The van der Waals surface area contributed by atoms with Crippen molar-refractivity contribution in [3.8, 4) is 0 Å². The maximum absolute atomic E-state index is 14.1. The number of halogens is 2. The Morgan fingerprint density at radius 1 is 1.42 bits per heavy atom. The van der Waals surface area contributed by atoms with Crippen molar-refractivity contribution in [3.05, 3.63) is 35.4 Å². The molecule has 1 amide bonds. The van der Waals surface area contributed by atoms with E-state index in [2.05, 4.69) is 5.32 Å². The number of hydroxylamine groups is 2. The highest BCUT2D eigenvalue weighted by atomic mass is 19.1. The fourth-order valence-electron chi connectivity index (χ4n) is 3.25. The molecule has 24 heavy (non-hydrogen) atoms. The molecule has 1 atom stereocenters. The zero-order valence-corrected chi connectivity index (χ0v) is 13.4. The van der Waals surface area contributed by atoms with Crippen LogP contribution in [0, 0.1) is 17.6 Å². The van der Waals surface area contributed by atoms with Crippen molar-refractivity contribution in [1.29, 1.82) is 0 Å². The molecule has 0 spiro atoms. The normalized spacial score (nSPS) is 25.3. The molecule has 1 heterocycles. The van der Waals surface area contributed by atoms with Gasteiger partial charge in [0.05, 0.1) is 18.8 Å². The van der Waals surface area contributed by atoms with Crippen LogP contribution in [0.5, 0.6) is 0 Å². The molecule has 1 aromatic rings. The number of benzene rings is 1. The lowest BCUT2D eigenvalue weighted by Gasteiger charge is -2.38. The van der Waals surface area contributed by atoms with Gasteiger partial charge in [-0.05, 0) is 31.2 Å². The first-order valence-corrected chi connectivity index (χ1v) is 8.33. The molecule has 2 N–H and O–H groups in total. The van der Waals surface area contributed by atoms with Crippen LogP contribution in [0.3, 0.4) is 0 Å². The van der Waals surface area contributed by atoms with E-state index in [0.717, 1.165) is 19.0 Å². The van der Waals surface area contributed by atoms with Crippen molar-refractivity contribution in [2.45, 2.75) is 37.8 Å². The predicted molar refractivity (Wildman–Crippen MR) is 82.7 cm³/mol. The highest BCUT2D eigenvalue weighted by molar-refractivity contribution is 5.76. The maximum atomic E-state index is 14.1. The summed E-state index contributed by atoms with van der Waals surface area (Å²) in [5.41, 5.74) is 0.263. The molecule has 1 aromatic carbocycles. The summed E-state index contributed by atoms with van der Waals surface area (Å²) in [4.78, 5) is 17.6. The van der Waals surface area contributed by atoms with E-state index in [-0.39, 0.29) is 23.8 Å². The van der Waals surface area contributed by atoms with Crippen molar-refractivity contribution in [2.24, 2.45) is 5.92 Å². The third-order valence-corrected chi connectivity index (χ3v) is 4.65. The number of hydrogen-bond acceptors (Lipinski definition) is 4. The van der Waals surface area contributed by atoms with Crippen LogP contribution in [-0.4, -0.2) is 41.9 Å². The monoisotopic (exact) mass is 340 g/mol. The van der Waals surface area contributed by atoms with Crippen molar-refractivity contribution in [2.75, 3.05) is 19.7 Å². The molecule has 5 nitrogen and oxygen atoms in total. The number of rotatable bonds is 6. The second-order valence-corrected chi connectivity index (χ2v) is 6.46. The average Bonchev–Trinajstić information content (AvgIpc) is 3.02. The molecule has 0 bridgehead atoms. The van der Waals surface area contributed by atoms with Gasteiger partial charge < -0.3 is 10.4 Å². The van der Waals surface area contributed by atoms with Gasteiger partial charge >= 0.3 is 0 Å². The lowest BCUT2D eigenvalue weighted by Crippen LogP contribution is -2.42. The number of carbonyl (C=O) groups excluding carboxylic acids is 1. The zero-order chi connectivity index (χ0) is 17.1. The highest BCUT2D eigenvalue weighted by Gasteiger charge is 2.36. The minimum Gasteiger partial charge on any atom is -0.393 e. The number of aliphatic hydroxyl groups is 1. The fourth-order valence-corrected chi connectivity index (χ4v) is 3.25. The van der Waals surface area contributed by atoms with Crippen LogP contribution in [-0.2, 0) is 9.63 Å². The average molecular weight is 340 g/mol. The molecule has 7 heteroatoms. The topological polar surface area (TPSA) is 61.8 Å². The minimum absolute atomic E-state index is 0.0491. The van der Waals surface area contributed by atoms with Crippen LogP contribution < -0.4 is 5.32 Å². The van der Waals surface area contributed by atoms with Crippen LogP contribution in [0.1, 0.15) is 37.3 Å². The summed E-state index contributed by atoms with van der Waals surface area (Å²) < 4.78 is 27.3. The molecule has 1 aliphatic heterocycles. The lowest BCUT2D eigenvalue weighted by atomic mass is 9.75. The summed E-state index contributed by atoms with van der Waals surface area (Å²) >= 11 is 0. The molecule has 0 aromatic heterocycles. The highest BCUT2D eigenvalue weighted by Crippen LogP contribution is 2.39. The van der Waals surface area contributed by atoms with E-state index in [1.54, 1.807) is 5.06 Å². The summed E-state index contributed by atoms with van der Waals surface area (Å²) in [6, 6.07) is 2.82. The first kappa shape index (κ1) is 17.3. The van der Waals surface area contributed by atoms with Crippen LogP contribution >= 0.6 is 0 Å². The molecule has 1 saturated carbocycles. The first-order chi connectivity index (χ1) is 11.5. The molecule has 1 saturated heterocycles. The van der Waals surface area contributed by atoms with Gasteiger partial charge in [-0.3, -0.25) is 9.63 Å². The van der Waals surface area contributed by atoms with Crippen LogP contribution in [0.4, 0.5) is 8.78 Å². The minimum atomic E-state index is -0.676. The van der Waals surface area contributed by atoms with E-state index < -0.39 is 23.8 Å². The largest absolute Gasteiger partial charge is 0.393 e.